The van der Waals surface area contributed by atoms with Crippen LogP contribution in [0, 0.1) is 5.92 Å². The van der Waals surface area contributed by atoms with Gasteiger partial charge >= 0.3 is 5.97 Å². The number of esters is 1. The van der Waals surface area contributed by atoms with Crippen LogP contribution in [0.25, 0.3) is 0 Å². The van der Waals surface area contributed by atoms with Crippen LogP contribution in [0.4, 0.5) is 0 Å². The lowest BCUT2D eigenvalue weighted by molar-refractivity contribution is -0.152. The van der Waals surface area contributed by atoms with Gasteiger partial charge in [-0.3, -0.25) is 0 Å². The summed E-state index contributed by atoms with van der Waals surface area (Å²) in [5.41, 5.74) is 5.49. The summed E-state index contributed by atoms with van der Waals surface area (Å²) in [6.45, 7) is 3.66. The molecule has 0 aromatic carbocycles. The highest BCUT2D eigenvalue weighted by Crippen LogP contribution is 2.04. The van der Waals surface area contributed by atoms with Crippen molar-refractivity contribution in [3.63, 3.8) is 0 Å². The number of nitrogens with two attached hydrogens (primary N) is 1. The zero-order valence-corrected chi connectivity index (χ0v) is 7.07. The van der Waals surface area contributed by atoms with Gasteiger partial charge in [-0.1, -0.05) is 13.8 Å². The molecule has 11 heavy (non-hydrogen) atoms. The lowest BCUT2D eigenvalue weighted by atomic mass is 10.00. The summed E-state index contributed by atoms with van der Waals surface area (Å²) in [7, 11) is 1.22. The van der Waals surface area contributed by atoms with E-state index in [4.69, 9.17) is 10.8 Å². The van der Waals surface area contributed by atoms with Crippen LogP contribution in [0.2, 0.25) is 0 Å². The third kappa shape index (κ3) is 2.86. The Kier molecular flexibility index (Phi) is 4.07. The van der Waals surface area contributed by atoms with Crippen LogP contribution in [0.3, 0.4) is 0 Å². The SMILES string of the molecule is COC(=O)[C@H](O)[C@@H](N)C(C)C. The van der Waals surface area contributed by atoms with E-state index in [1.807, 2.05) is 13.8 Å². The van der Waals surface area contributed by atoms with Gasteiger partial charge in [0.2, 0.25) is 0 Å². The fourth-order valence-corrected chi connectivity index (χ4v) is 0.642. The molecule has 0 aromatic rings. The van der Waals surface area contributed by atoms with Crippen LogP contribution in [0.1, 0.15) is 13.8 Å². The van der Waals surface area contributed by atoms with Gasteiger partial charge < -0.3 is 15.6 Å². The molecule has 4 nitrogen and oxygen atoms in total. The second kappa shape index (κ2) is 4.31. The van der Waals surface area contributed by atoms with Crippen LogP contribution >= 0.6 is 0 Å². The minimum atomic E-state index is -1.21. The molecule has 0 unspecified atom stereocenters. The van der Waals surface area contributed by atoms with Gasteiger partial charge in [0.05, 0.1) is 7.11 Å². The Labute approximate surface area is 66.3 Å². The van der Waals surface area contributed by atoms with E-state index < -0.39 is 18.1 Å². The van der Waals surface area contributed by atoms with Crippen molar-refractivity contribution in [2.75, 3.05) is 7.11 Å². The molecule has 0 radical (unpaired) electrons. The number of carbonyl (C=O) groups is 1. The Balaban J connectivity index is 4.01. The lowest BCUT2D eigenvalue weighted by Gasteiger charge is -2.19. The smallest absolute Gasteiger partial charge is 0.336 e. The third-order valence-electron chi connectivity index (χ3n) is 1.58. The molecule has 0 aliphatic heterocycles. The molecule has 0 spiro atoms. The van der Waals surface area contributed by atoms with E-state index in [0.717, 1.165) is 0 Å². The lowest BCUT2D eigenvalue weighted by Crippen LogP contribution is -2.44. The molecule has 0 fully saturated rings. The maximum Gasteiger partial charge on any atom is 0.336 e. The molecule has 0 amide bonds. The first kappa shape index (κ1) is 10.4. The standard InChI is InChI=1S/C7H15NO3/c1-4(2)5(8)6(9)7(10)11-3/h4-6,9H,8H2,1-3H3/t5-,6+/m0/s1. The number of methoxy groups -OCH3 is 1. The molecule has 4 heteroatoms. The van der Waals surface area contributed by atoms with Crippen molar-refractivity contribution in [3.8, 4) is 0 Å². The molecule has 0 aliphatic carbocycles. The highest BCUT2D eigenvalue weighted by atomic mass is 16.5. The number of rotatable bonds is 3. The molecule has 2 atom stereocenters. The van der Waals surface area contributed by atoms with Crippen molar-refractivity contribution in [1.29, 1.82) is 0 Å². The summed E-state index contributed by atoms with van der Waals surface area (Å²) in [6, 6.07) is -0.553. The molecule has 0 aromatic heterocycles. The summed E-state index contributed by atoms with van der Waals surface area (Å²) in [4.78, 5) is 10.7. The maximum atomic E-state index is 10.7. The second-order valence-electron chi connectivity index (χ2n) is 2.79. The predicted molar refractivity (Wildman–Crippen MR) is 40.8 cm³/mol. The Morgan fingerprint density at radius 2 is 2.00 bits per heavy atom. The monoisotopic (exact) mass is 161 g/mol. The zero-order valence-electron chi connectivity index (χ0n) is 7.07. The summed E-state index contributed by atoms with van der Waals surface area (Å²) in [6.07, 6.45) is -1.21. The molecule has 0 aliphatic rings. The van der Waals surface area contributed by atoms with Crippen LogP contribution < -0.4 is 5.73 Å². The molecule has 0 rings (SSSR count). The Morgan fingerprint density at radius 1 is 1.55 bits per heavy atom. The first-order chi connectivity index (χ1) is 5.00. The second-order valence-corrected chi connectivity index (χ2v) is 2.79. The van der Waals surface area contributed by atoms with Gasteiger partial charge in [-0.05, 0) is 5.92 Å². The molecule has 66 valence electrons. The average molecular weight is 161 g/mol. The normalized spacial score (nSPS) is 16.2. The van der Waals surface area contributed by atoms with Gasteiger partial charge in [0.15, 0.2) is 6.10 Å². The first-order valence-corrected chi connectivity index (χ1v) is 3.52. The highest BCUT2D eigenvalue weighted by Gasteiger charge is 2.25. The molecular formula is C7H15NO3. The van der Waals surface area contributed by atoms with Gasteiger partial charge in [0.1, 0.15) is 0 Å². The summed E-state index contributed by atoms with van der Waals surface area (Å²) < 4.78 is 4.31. The molecule has 0 heterocycles. The molecule has 3 N–H and O–H groups in total. The van der Waals surface area contributed by atoms with E-state index in [9.17, 15) is 4.79 Å². The maximum absolute atomic E-state index is 10.7. The average Bonchev–Trinajstić information content (AvgIpc) is 2.00. The van der Waals surface area contributed by atoms with E-state index in [1.54, 1.807) is 0 Å². The fraction of sp³-hybridized carbons (Fsp3) is 0.857. The van der Waals surface area contributed by atoms with E-state index in [2.05, 4.69) is 4.74 Å². The van der Waals surface area contributed by atoms with E-state index >= 15 is 0 Å². The molecular weight excluding hydrogens is 146 g/mol. The highest BCUT2D eigenvalue weighted by molar-refractivity contribution is 5.75. The number of aliphatic hydroxyl groups excluding tert-OH is 1. The predicted octanol–water partition coefficient (Wildman–Crippen LogP) is -0.496. The quantitative estimate of drug-likeness (QED) is 0.547. The fourth-order valence-electron chi connectivity index (χ4n) is 0.642. The van der Waals surface area contributed by atoms with Crippen LogP contribution in [0.15, 0.2) is 0 Å². The van der Waals surface area contributed by atoms with Crippen molar-refractivity contribution < 1.29 is 14.6 Å². The third-order valence-corrected chi connectivity index (χ3v) is 1.58. The summed E-state index contributed by atoms with van der Waals surface area (Å²) in [5.74, 6) is -0.615. The van der Waals surface area contributed by atoms with Crippen molar-refractivity contribution in [2.45, 2.75) is 26.0 Å². The zero-order chi connectivity index (χ0) is 9.02. The van der Waals surface area contributed by atoms with E-state index in [-0.39, 0.29) is 5.92 Å². The number of aliphatic hydroxyl groups is 1. The number of hydrogen-bond acceptors (Lipinski definition) is 4. The minimum absolute atomic E-state index is 0.0594. The summed E-state index contributed by atoms with van der Waals surface area (Å²) >= 11 is 0. The Hall–Kier alpha value is -0.610. The van der Waals surface area contributed by atoms with Crippen LogP contribution in [-0.4, -0.2) is 30.3 Å². The van der Waals surface area contributed by atoms with E-state index in [0.29, 0.717) is 0 Å². The van der Waals surface area contributed by atoms with Crippen LogP contribution in [-0.2, 0) is 9.53 Å². The summed E-state index contributed by atoms with van der Waals surface area (Å²) in [5, 5.41) is 9.16. The number of carbonyl (C=O) groups excluding carboxylic acids is 1. The van der Waals surface area contributed by atoms with Crippen molar-refractivity contribution in [1.82, 2.24) is 0 Å². The minimum Gasteiger partial charge on any atom is -0.467 e. The topological polar surface area (TPSA) is 72.5 Å². The van der Waals surface area contributed by atoms with Gasteiger partial charge in [0, 0.05) is 6.04 Å². The van der Waals surface area contributed by atoms with E-state index in [1.165, 1.54) is 7.11 Å². The molecule has 0 saturated heterocycles. The van der Waals surface area contributed by atoms with Crippen molar-refractivity contribution in [3.05, 3.63) is 0 Å². The molecule has 0 saturated carbocycles. The van der Waals surface area contributed by atoms with Gasteiger partial charge in [0.25, 0.3) is 0 Å². The molecule has 0 bridgehead atoms. The van der Waals surface area contributed by atoms with Gasteiger partial charge in [-0.2, -0.15) is 0 Å². The van der Waals surface area contributed by atoms with Gasteiger partial charge in [-0.15, -0.1) is 0 Å². The van der Waals surface area contributed by atoms with Gasteiger partial charge in [-0.25, -0.2) is 4.79 Å². The van der Waals surface area contributed by atoms with Crippen LogP contribution in [0.5, 0.6) is 0 Å². The Morgan fingerprint density at radius 3 is 2.27 bits per heavy atom. The first-order valence-electron chi connectivity index (χ1n) is 3.52. The number of hydrogen-bond donors (Lipinski definition) is 2. The Bertz CT molecular complexity index is 136. The number of ether oxygens (including phenoxy) is 1. The van der Waals surface area contributed by atoms with Crippen molar-refractivity contribution in [2.24, 2.45) is 11.7 Å². The largest absolute Gasteiger partial charge is 0.467 e. The van der Waals surface area contributed by atoms with Crippen molar-refractivity contribution >= 4 is 5.97 Å².